The molecular weight excluding hydrogens is 1240 g/mol. The number of para-hydroxylation sites is 4. The van der Waals surface area contributed by atoms with Crippen LogP contribution in [-0.4, -0.2) is 80.6 Å². The first-order valence-electron chi connectivity index (χ1n) is 18.5. The van der Waals surface area contributed by atoms with Crippen LogP contribution in [0.3, 0.4) is 0 Å². The summed E-state index contributed by atoms with van der Waals surface area (Å²) in [5.74, 6) is 1.44. The van der Waals surface area contributed by atoms with Crippen LogP contribution >= 0.6 is 30.9 Å². The smallest absolute Gasteiger partial charge is 0.454 e. The maximum absolute atomic E-state index is 11.3. The summed E-state index contributed by atoms with van der Waals surface area (Å²) in [6.07, 6.45) is 1.61. The van der Waals surface area contributed by atoms with Crippen LogP contribution in [0.15, 0.2) is 97.1 Å². The molecule has 0 fully saturated rings. The van der Waals surface area contributed by atoms with Gasteiger partial charge in [-0.2, -0.15) is 19.2 Å². The largest absolute Gasteiger partial charge is 0.508 e. The third-order valence-electron chi connectivity index (χ3n) is 7.62. The number of benzene rings is 4. The fourth-order valence-electron chi connectivity index (χ4n) is 3.98. The number of phenols is 2. The summed E-state index contributed by atoms with van der Waals surface area (Å²) in [5.41, 5.74) is 2.85. The SMILES string of the molecule is CC.CCP(=O)(O)CCc1ccccc1O.CCP(=O)(O)O.CC[P+](O)(O)Oc1ccccc1CO.CC[P+]1(O)OCc2ccccc2O1.OCc1ccccc1O.[CH3-].[CH3-].[CH3-].[CH3-].[Y].[Y].[Y].[Y]. The van der Waals surface area contributed by atoms with Gasteiger partial charge < -0.3 is 64.8 Å². The number of fused-ring (bicyclic) bond motifs is 1. The van der Waals surface area contributed by atoms with Crippen molar-refractivity contribution in [3.05, 3.63) is 149 Å². The fraction of sp³-hybridized carbons (Fsp3) is 0.349. The minimum absolute atomic E-state index is 0. The second-order valence-electron chi connectivity index (χ2n) is 11.8. The molecule has 0 saturated carbocycles. The van der Waals surface area contributed by atoms with Crippen molar-refractivity contribution in [1.82, 2.24) is 0 Å². The van der Waals surface area contributed by atoms with E-state index in [9.17, 15) is 33.8 Å². The molecule has 10 N–H and O–H groups in total. The van der Waals surface area contributed by atoms with Crippen molar-refractivity contribution in [2.75, 3.05) is 30.8 Å². The van der Waals surface area contributed by atoms with Crippen LogP contribution in [0.5, 0.6) is 23.0 Å². The van der Waals surface area contributed by atoms with Crippen LogP contribution in [0, 0.1) is 29.7 Å². The Bertz CT molecular complexity index is 1850. The van der Waals surface area contributed by atoms with E-state index in [0.717, 1.165) is 16.9 Å². The minimum atomic E-state index is -3.65. The van der Waals surface area contributed by atoms with E-state index in [4.69, 9.17) is 38.7 Å². The molecule has 0 bridgehead atoms. The summed E-state index contributed by atoms with van der Waals surface area (Å²) in [7, 11) is -12.5. The number of aromatic hydroxyl groups is 2. The second kappa shape index (κ2) is 47.5. The number of hydrogen-bond acceptors (Lipinski definition) is 12. The number of aryl methyl sites for hydroxylation is 1. The average Bonchev–Trinajstić information content (AvgIpc) is 3.22. The Morgan fingerprint density at radius 3 is 1.45 bits per heavy atom. The van der Waals surface area contributed by atoms with E-state index in [1.807, 2.05) is 51.1 Å². The number of rotatable bonds is 11. The van der Waals surface area contributed by atoms with Gasteiger partial charge in [-0.1, -0.05) is 100 Å². The van der Waals surface area contributed by atoms with Crippen LogP contribution in [0.2, 0.25) is 0 Å². The Balaban J connectivity index is -0.0000000863. The molecule has 0 amide bonds. The number of hydrogen-bond donors (Lipinski definition) is 10. The number of aliphatic hydroxyl groups is 2. The van der Waals surface area contributed by atoms with E-state index in [-0.39, 0.29) is 204 Å². The summed E-state index contributed by atoms with van der Waals surface area (Å²) in [6.45, 7) is 10.8. The Morgan fingerprint density at radius 2 is 1.06 bits per heavy atom. The van der Waals surface area contributed by atoms with Gasteiger partial charge in [-0.3, -0.25) is 18.2 Å². The standard InChI is InChI=1S/C10H15O3P.C9H14O4P.C9H12O3P.C7H8O2.C2H7O3P.C2H6.4CH3.4Y/c1-2-14(12,13)8-7-9-5-3-4-6-10(9)11;1-2-14(11,12)13-9-6-4-3-5-8(9)7-10;1-2-13(10)11-7-8-5-3-4-6-9(8)12-13;8-5-6-3-1-2-4-7(6)9;1-2-6(3,4)5;1-2;;;;;;;;/h3-6,11H,2,7-8H2,1H3,(H,12,13);3-6,10-12H,2,7H2,1H3;3-6,10H,2,7H2,1H3;1-4,8-9H,5H2;2H2,1H3,(H2,3,4,5);1-2H3;4*1H3;;;;/q;2*+1;;;;4*-1;;;;. The monoisotopic (exact) mass is 1310 g/mol. The molecule has 370 valence electrons. The van der Waals surface area contributed by atoms with E-state index in [0.29, 0.717) is 42.2 Å². The zero-order valence-corrected chi connectivity index (χ0v) is 55.1. The zero-order chi connectivity index (χ0) is 44.4. The van der Waals surface area contributed by atoms with Crippen molar-refractivity contribution in [2.24, 2.45) is 0 Å². The summed E-state index contributed by atoms with van der Waals surface area (Å²) in [4.78, 5) is 53.7. The quantitative estimate of drug-likeness (QED) is 0.0495. The molecule has 66 heavy (non-hydrogen) atoms. The fourth-order valence-corrected chi connectivity index (χ4v) is 6.70. The summed E-state index contributed by atoms with van der Waals surface area (Å²) >= 11 is 0. The topological polar surface area (TPSA) is 264 Å². The molecule has 4 aromatic rings. The molecular formula is C43H74O15P4Y4-2. The van der Waals surface area contributed by atoms with Gasteiger partial charge in [-0.25, -0.2) is 0 Å². The molecule has 0 aliphatic carbocycles. The summed E-state index contributed by atoms with van der Waals surface area (Å²) < 4.78 is 36.8. The molecule has 0 saturated heterocycles. The van der Waals surface area contributed by atoms with Gasteiger partial charge in [-0.15, -0.1) is 0 Å². The summed E-state index contributed by atoms with van der Waals surface area (Å²) in [6, 6.07) is 28.0. The van der Waals surface area contributed by atoms with Crippen molar-refractivity contribution < 1.29 is 203 Å². The Kier molecular flexibility index (Phi) is 62.7. The van der Waals surface area contributed by atoms with E-state index in [1.165, 1.54) is 6.92 Å². The van der Waals surface area contributed by atoms with Crippen molar-refractivity contribution >= 4 is 30.9 Å². The first kappa shape index (κ1) is 87.2. The molecule has 15 nitrogen and oxygen atoms in total. The van der Waals surface area contributed by atoms with Gasteiger partial charge in [0, 0.05) is 166 Å². The molecule has 2 atom stereocenters. The van der Waals surface area contributed by atoms with Gasteiger partial charge in [0.1, 0.15) is 30.4 Å². The molecule has 23 heteroatoms. The zero-order valence-electron chi connectivity index (χ0n) is 40.2. The normalized spacial score (nSPS) is 13.2. The average molecular weight is 1310 g/mol. The first-order valence-corrected chi connectivity index (χ1v) is 25.9. The molecule has 1 heterocycles. The second-order valence-corrected chi connectivity index (χ2v) is 21.0. The molecule has 0 aromatic heterocycles. The van der Waals surface area contributed by atoms with E-state index in [2.05, 4.69) is 0 Å². The van der Waals surface area contributed by atoms with Gasteiger partial charge in [0.25, 0.3) is 0 Å². The van der Waals surface area contributed by atoms with Crippen molar-refractivity contribution in [2.45, 2.75) is 67.8 Å². The van der Waals surface area contributed by atoms with Crippen LogP contribution in [0.25, 0.3) is 0 Å². The molecule has 1 aliphatic heterocycles. The van der Waals surface area contributed by atoms with Gasteiger partial charge in [0.05, 0.1) is 13.2 Å². The van der Waals surface area contributed by atoms with Crippen molar-refractivity contribution in [1.29, 1.82) is 0 Å². The van der Waals surface area contributed by atoms with E-state index >= 15 is 0 Å². The maximum atomic E-state index is 11.3. The van der Waals surface area contributed by atoms with Gasteiger partial charge in [-0.05, 0) is 50.1 Å². The third kappa shape index (κ3) is 39.0. The molecule has 0 spiro atoms. The Hall–Kier alpha value is 1.46. The van der Waals surface area contributed by atoms with Crippen LogP contribution < -0.4 is 9.05 Å². The third-order valence-corrected chi connectivity index (χ3v) is 13.5. The first-order chi connectivity index (χ1) is 27.3. The molecule has 2 unspecified atom stereocenters. The van der Waals surface area contributed by atoms with Crippen molar-refractivity contribution in [3.63, 3.8) is 0 Å². The summed E-state index contributed by atoms with van der Waals surface area (Å²) in [5, 5.41) is 35.9. The van der Waals surface area contributed by atoms with Gasteiger partial charge >= 0.3 is 23.5 Å². The maximum Gasteiger partial charge on any atom is 0.454 e. The van der Waals surface area contributed by atoms with Crippen LogP contribution in [0.4, 0.5) is 0 Å². The van der Waals surface area contributed by atoms with Gasteiger partial charge in [0.2, 0.25) is 7.37 Å². The molecule has 4 radical (unpaired) electrons. The van der Waals surface area contributed by atoms with Gasteiger partial charge in [0.15, 0.2) is 11.5 Å². The predicted octanol–water partition coefficient (Wildman–Crippen LogP) is 9.81. The van der Waals surface area contributed by atoms with E-state index in [1.54, 1.807) is 80.6 Å². The Labute approximate surface area is 498 Å². The predicted molar refractivity (Wildman–Crippen MR) is 257 cm³/mol. The number of aliphatic hydroxyl groups excluding tert-OH is 2. The molecule has 1 aliphatic rings. The van der Waals surface area contributed by atoms with Crippen molar-refractivity contribution in [3.8, 4) is 23.0 Å². The van der Waals surface area contributed by atoms with Crippen LogP contribution in [0.1, 0.15) is 63.8 Å². The Morgan fingerprint density at radius 1 is 0.652 bits per heavy atom. The van der Waals surface area contributed by atoms with E-state index < -0.39 is 30.9 Å². The molecule has 5 rings (SSSR count). The van der Waals surface area contributed by atoms with Crippen LogP contribution in [-0.2, 0) is 171 Å². The number of phenolic OH excluding ortho intramolecular Hbond substituents is 1. The minimum Gasteiger partial charge on any atom is -0.508 e. The molecule has 4 aromatic carbocycles.